The van der Waals surface area contributed by atoms with Crippen LogP contribution in [0, 0.1) is 0 Å². The van der Waals surface area contributed by atoms with Gasteiger partial charge < -0.3 is 14.6 Å². The number of para-hydroxylation sites is 1. The first-order chi connectivity index (χ1) is 13.1. The minimum Gasteiger partial charge on any atom is -0.496 e. The average molecular weight is 383 g/mol. The molecular weight excluding hydrogens is 362 g/mol. The first kappa shape index (κ1) is 18.8. The maximum atomic E-state index is 12.6. The summed E-state index contributed by atoms with van der Waals surface area (Å²) in [6.45, 7) is 0. The van der Waals surface area contributed by atoms with Gasteiger partial charge in [-0.15, -0.1) is 11.3 Å². The zero-order valence-corrected chi connectivity index (χ0v) is 16.0. The van der Waals surface area contributed by atoms with E-state index in [0.29, 0.717) is 16.5 Å². The molecule has 0 fully saturated rings. The van der Waals surface area contributed by atoms with Gasteiger partial charge in [0.15, 0.2) is 5.78 Å². The van der Waals surface area contributed by atoms with Gasteiger partial charge in [-0.1, -0.05) is 24.3 Å². The number of hydrogen-bond donors (Lipinski definition) is 1. The fraction of sp³-hybridized carbons (Fsp3) is 0.250. The summed E-state index contributed by atoms with van der Waals surface area (Å²) in [6, 6.07) is 10.6. The van der Waals surface area contributed by atoms with Crippen molar-refractivity contribution in [3.8, 4) is 5.75 Å². The Morgan fingerprint density at radius 1 is 1.22 bits per heavy atom. The van der Waals surface area contributed by atoms with Gasteiger partial charge in [0.05, 0.1) is 12.0 Å². The van der Waals surface area contributed by atoms with Crippen molar-refractivity contribution in [2.75, 3.05) is 7.11 Å². The lowest BCUT2D eigenvalue weighted by molar-refractivity contribution is -0.121. The van der Waals surface area contributed by atoms with E-state index in [9.17, 15) is 9.59 Å². The molecule has 140 valence electrons. The highest BCUT2D eigenvalue weighted by molar-refractivity contribution is 7.12. The first-order valence-electron chi connectivity index (χ1n) is 8.56. The van der Waals surface area contributed by atoms with Gasteiger partial charge in [-0.05, 0) is 17.5 Å². The predicted octanol–water partition coefficient (Wildman–Crippen LogP) is 3.36. The van der Waals surface area contributed by atoms with Crippen LogP contribution in [0.5, 0.6) is 5.75 Å². The van der Waals surface area contributed by atoms with Gasteiger partial charge >= 0.3 is 0 Å². The number of Topliss-reactive ketones (excluding diaryl/α,β-unsaturated/α-hetero) is 1. The standard InChI is InChI=1S/C20H21N3O3S/c1-23-12-11-21-20(23)19(14-6-3-4-7-16(14)26-2)22-18(25)10-9-15(24)17-8-5-13-27-17/h3-8,11-13,19H,9-10H2,1-2H3,(H,22,25). The topological polar surface area (TPSA) is 73.2 Å². The molecular formula is C20H21N3O3S. The van der Waals surface area contributed by atoms with Crippen LogP contribution >= 0.6 is 11.3 Å². The third kappa shape index (κ3) is 4.43. The highest BCUT2D eigenvalue weighted by atomic mass is 32.1. The van der Waals surface area contributed by atoms with E-state index in [1.165, 1.54) is 11.3 Å². The lowest BCUT2D eigenvalue weighted by atomic mass is 10.0. The second-order valence-corrected chi connectivity index (χ2v) is 6.99. The van der Waals surface area contributed by atoms with E-state index in [1.54, 1.807) is 19.4 Å². The maximum Gasteiger partial charge on any atom is 0.221 e. The fourth-order valence-corrected chi connectivity index (χ4v) is 3.56. The van der Waals surface area contributed by atoms with E-state index in [2.05, 4.69) is 10.3 Å². The van der Waals surface area contributed by atoms with E-state index < -0.39 is 6.04 Å². The molecule has 1 aromatic carbocycles. The van der Waals surface area contributed by atoms with Crippen LogP contribution in [-0.4, -0.2) is 28.4 Å². The van der Waals surface area contributed by atoms with E-state index in [4.69, 9.17) is 4.74 Å². The summed E-state index contributed by atoms with van der Waals surface area (Å²) < 4.78 is 7.31. The molecule has 6 nitrogen and oxygen atoms in total. The van der Waals surface area contributed by atoms with Crippen LogP contribution in [0.15, 0.2) is 54.2 Å². The van der Waals surface area contributed by atoms with Crippen LogP contribution in [0.3, 0.4) is 0 Å². The third-order valence-corrected chi connectivity index (χ3v) is 5.16. The summed E-state index contributed by atoms with van der Waals surface area (Å²) in [7, 11) is 3.47. The van der Waals surface area contributed by atoms with Crippen LogP contribution in [0.1, 0.15) is 39.9 Å². The molecule has 0 saturated carbocycles. The zero-order chi connectivity index (χ0) is 19.2. The van der Waals surface area contributed by atoms with Gasteiger partial charge in [-0.3, -0.25) is 9.59 Å². The van der Waals surface area contributed by atoms with Crippen LogP contribution in [0.2, 0.25) is 0 Å². The van der Waals surface area contributed by atoms with Crippen molar-refractivity contribution in [3.05, 3.63) is 70.4 Å². The van der Waals surface area contributed by atoms with Gasteiger partial charge in [0.2, 0.25) is 5.91 Å². The lowest BCUT2D eigenvalue weighted by Gasteiger charge is -2.21. The Labute approximate surface area is 161 Å². The maximum absolute atomic E-state index is 12.6. The second kappa shape index (κ2) is 8.64. The van der Waals surface area contributed by atoms with Gasteiger partial charge in [-0.25, -0.2) is 4.98 Å². The molecule has 0 aliphatic heterocycles. The summed E-state index contributed by atoms with van der Waals surface area (Å²) in [5.41, 5.74) is 0.812. The van der Waals surface area contributed by atoms with E-state index in [0.717, 1.165) is 5.56 Å². The minimum absolute atomic E-state index is 0.0222. The number of hydrogen-bond acceptors (Lipinski definition) is 5. The lowest BCUT2D eigenvalue weighted by Crippen LogP contribution is -2.31. The van der Waals surface area contributed by atoms with Gasteiger partial charge in [0.1, 0.15) is 17.6 Å². The Morgan fingerprint density at radius 2 is 2.04 bits per heavy atom. The van der Waals surface area contributed by atoms with E-state index >= 15 is 0 Å². The number of carbonyl (C=O) groups excluding carboxylic acids is 2. The van der Waals surface area contributed by atoms with Gasteiger partial charge in [0, 0.05) is 37.8 Å². The number of imidazole rings is 1. The normalized spacial score (nSPS) is 11.8. The summed E-state index contributed by atoms with van der Waals surface area (Å²) in [5, 5.41) is 4.85. The number of aryl methyl sites for hydroxylation is 1. The smallest absolute Gasteiger partial charge is 0.221 e. The number of thiophene rings is 1. The molecule has 2 heterocycles. The first-order valence-corrected chi connectivity index (χ1v) is 9.44. The monoisotopic (exact) mass is 383 g/mol. The van der Waals surface area contributed by atoms with Crippen molar-refractivity contribution in [2.24, 2.45) is 7.05 Å². The molecule has 27 heavy (non-hydrogen) atoms. The van der Waals surface area contributed by atoms with Crippen molar-refractivity contribution < 1.29 is 14.3 Å². The molecule has 0 spiro atoms. The molecule has 1 unspecified atom stereocenters. The molecule has 0 aliphatic carbocycles. The SMILES string of the molecule is COc1ccccc1C(NC(=O)CCC(=O)c1cccs1)c1nccn1C. The highest BCUT2D eigenvalue weighted by Crippen LogP contribution is 2.29. The quantitative estimate of drug-likeness (QED) is 0.606. The Morgan fingerprint density at radius 3 is 2.70 bits per heavy atom. The van der Waals surface area contributed by atoms with Crippen LogP contribution < -0.4 is 10.1 Å². The summed E-state index contributed by atoms with van der Waals surface area (Å²) in [6.07, 6.45) is 3.80. The summed E-state index contributed by atoms with van der Waals surface area (Å²) in [4.78, 5) is 29.8. The largest absolute Gasteiger partial charge is 0.496 e. The molecule has 2 aromatic heterocycles. The number of nitrogens with one attached hydrogen (secondary N) is 1. The molecule has 7 heteroatoms. The van der Waals surface area contributed by atoms with Crippen LogP contribution in [0.25, 0.3) is 0 Å². The third-order valence-electron chi connectivity index (χ3n) is 4.25. The molecule has 1 amide bonds. The zero-order valence-electron chi connectivity index (χ0n) is 15.2. The van der Waals surface area contributed by atoms with Crippen molar-refractivity contribution in [1.29, 1.82) is 0 Å². The number of ether oxygens (including phenoxy) is 1. The molecule has 0 bridgehead atoms. The average Bonchev–Trinajstić information content (AvgIpc) is 3.36. The van der Waals surface area contributed by atoms with Crippen molar-refractivity contribution in [1.82, 2.24) is 14.9 Å². The number of benzene rings is 1. The number of aromatic nitrogens is 2. The number of nitrogens with zero attached hydrogens (tertiary/aromatic N) is 2. The molecule has 1 atom stereocenters. The molecule has 0 saturated heterocycles. The van der Waals surface area contributed by atoms with Crippen LogP contribution in [0.4, 0.5) is 0 Å². The predicted molar refractivity (Wildman–Crippen MR) is 104 cm³/mol. The van der Waals surface area contributed by atoms with E-state index in [-0.39, 0.29) is 24.5 Å². The number of carbonyl (C=O) groups is 2. The Hall–Kier alpha value is -2.93. The van der Waals surface area contributed by atoms with Crippen LogP contribution in [-0.2, 0) is 11.8 Å². The molecule has 1 N–H and O–H groups in total. The summed E-state index contributed by atoms with van der Waals surface area (Å²) >= 11 is 1.39. The number of rotatable bonds is 8. The number of ketones is 1. The van der Waals surface area contributed by atoms with Crippen molar-refractivity contribution in [2.45, 2.75) is 18.9 Å². The number of methoxy groups -OCH3 is 1. The van der Waals surface area contributed by atoms with Gasteiger partial charge in [0.25, 0.3) is 0 Å². The second-order valence-electron chi connectivity index (χ2n) is 6.04. The van der Waals surface area contributed by atoms with Crippen molar-refractivity contribution >= 4 is 23.0 Å². The molecule has 3 rings (SSSR count). The fourth-order valence-electron chi connectivity index (χ4n) is 2.86. The van der Waals surface area contributed by atoms with Crippen molar-refractivity contribution in [3.63, 3.8) is 0 Å². The van der Waals surface area contributed by atoms with Gasteiger partial charge in [-0.2, -0.15) is 0 Å². The molecule has 3 aromatic rings. The minimum atomic E-state index is -0.467. The Balaban J connectivity index is 1.77. The molecule has 0 radical (unpaired) electrons. The highest BCUT2D eigenvalue weighted by Gasteiger charge is 2.24. The summed E-state index contributed by atoms with van der Waals surface area (Å²) in [5.74, 6) is 1.13. The van der Waals surface area contributed by atoms with E-state index in [1.807, 2.05) is 53.5 Å². The number of amides is 1. The molecule has 0 aliphatic rings. The Bertz CT molecular complexity index is 918. The Kier molecular flexibility index (Phi) is 6.03.